The summed E-state index contributed by atoms with van der Waals surface area (Å²) in [7, 11) is -3.92. The average molecular weight is 445 g/mol. The fraction of sp³-hybridized carbons (Fsp3) is 0.0952. The Balaban J connectivity index is 1.67. The van der Waals surface area contributed by atoms with E-state index in [0.29, 0.717) is 32.3 Å². The van der Waals surface area contributed by atoms with E-state index in [2.05, 4.69) is 9.71 Å². The number of nitrogens with one attached hydrogen (secondary N) is 1. The minimum Gasteiger partial charge on any atom is -0.423 e. The summed E-state index contributed by atoms with van der Waals surface area (Å²) < 4.78 is 34.2. The number of hydrogen-bond donors (Lipinski definition) is 1. The average Bonchev–Trinajstić information content (AvgIpc) is 3.10. The van der Waals surface area contributed by atoms with E-state index in [0.717, 1.165) is 5.56 Å². The first-order valence-corrected chi connectivity index (χ1v) is 11.6. The van der Waals surface area contributed by atoms with Crippen molar-refractivity contribution < 1.29 is 12.8 Å². The van der Waals surface area contributed by atoms with E-state index in [1.165, 1.54) is 11.8 Å². The quantitative estimate of drug-likeness (QED) is 0.376. The Morgan fingerprint density at radius 1 is 1.07 bits per heavy atom. The molecule has 0 unspecified atom stereocenters. The molecule has 1 N–H and O–H groups in total. The van der Waals surface area contributed by atoms with Gasteiger partial charge >= 0.3 is 6.01 Å². The predicted octanol–water partition coefficient (Wildman–Crippen LogP) is 5.88. The number of benzene rings is 3. The van der Waals surface area contributed by atoms with Crippen molar-refractivity contribution >= 4 is 50.5 Å². The van der Waals surface area contributed by atoms with E-state index in [1.807, 2.05) is 36.4 Å². The summed E-state index contributed by atoms with van der Waals surface area (Å²) in [6, 6.07) is 20.1. The second-order valence-corrected chi connectivity index (χ2v) is 9.49. The molecule has 0 amide bonds. The molecule has 0 spiro atoms. The smallest absolute Gasteiger partial charge is 0.309 e. The number of anilines is 1. The van der Waals surface area contributed by atoms with E-state index in [4.69, 9.17) is 16.0 Å². The van der Waals surface area contributed by atoms with Crippen LogP contribution in [0.3, 0.4) is 0 Å². The number of nitrogens with zero attached hydrogens (tertiary/aromatic N) is 1. The van der Waals surface area contributed by atoms with Crippen LogP contribution in [-0.2, 0) is 15.8 Å². The first kappa shape index (κ1) is 19.8. The Bertz CT molecular complexity index is 1240. The summed E-state index contributed by atoms with van der Waals surface area (Å²) in [5, 5.41) is 0.515. The number of rotatable bonds is 6. The van der Waals surface area contributed by atoms with Crippen molar-refractivity contribution in [2.75, 3.05) is 4.72 Å². The Hall–Kier alpha value is -2.48. The van der Waals surface area contributed by atoms with Crippen molar-refractivity contribution in [2.45, 2.75) is 22.5 Å². The van der Waals surface area contributed by atoms with E-state index < -0.39 is 10.0 Å². The molecule has 4 rings (SSSR count). The number of thioether (sulfide) groups is 1. The zero-order valence-corrected chi connectivity index (χ0v) is 17.8. The van der Waals surface area contributed by atoms with Crippen LogP contribution in [0.1, 0.15) is 11.1 Å². The molecule has 0 saturated heterocycles. The zero-order chi connectivity index (χ0) is 20.4. The highest BCUT2D eigenvalue weighted by molar-refractivity contribution is 7.99. The third kappa shape index (κ3) is 4.42. The second kappa shape index (κ2) is 8.10. The normalized spacial score (nSPS) is 11.7. The molecule has 5 nitrogen and oxygen atoms in total. The van der Waals surface area contributed by atoms with Crippen molar-refractivity contribution in [3.63, 3.8) is 0 Å². The largest absolute Gasteiger partial charge is 0.423 e. The number of oxazole rings is 1. The van der Waals surface area contributed by atoms with Gasteiger partial charge < -0.3 is 4.42 Å². The molecule has 148 valence electrons. The number of para-hydroxylation sites is 2. The van der Waals surface area contributed by atoms with Gasteiger partial charge in [-0.2, -0.15) is 4.98 Å². The van der Waals surface area contributed by atoms with Crippen LogP contribution in [0, 0.1) is 6.92 Å². The van der Waals surface area contributed by atoms with Crippen molar-refractivity contribution in [1.29, 1.82) is 0 Å². The molecule has 0 bridgehead atoms. The summed E-state index contributed by atoms with van der Waals surface area (Å²) in [6.45, 7) is 1.77. The van der Waals surface area contributed by atoms with Gasteiger partial charge in [0.05, 0.1) is 0 Å². The first-order chi connectivity index (χ1) is 13.9. The minimum atomic E-state index is -3.92. The third-order valence-corrected chi connectivity index (χ3v) is 7.29. The summed E-state index contributed by atoms with van der Waals surface area (Å²) in [4.78, 5) is 4.90. The van der Waals surface area contributed by atoms with Gasteiger partial charge in [0.2, 0.25) is 0 Å². The van der Waals surface area contributed by atoms with Crippen molar-refractivity contribution in [3.05, 3.63) is 82.9 Å². The molecular weight excluding hydrogens is 428 g/mol. The second-order valence-electron chi connectivity index (χ2n) is 6.41. The highest BCUT2D eigenvalue weighted by Crippen LogP contribution is 2.34. The van der Waals surface area contributed by atoms with Gasteiger partial charge in [0.15, 0.2) is 5.58 Å². The number of fused-ring (bicyclic) bond motifs is 1. The Kier molecular flexibility index (Phi) is 5.54. The molecular formula is C21H17ClN2O3S2. The maximum absolute atomic E-state index is 13.1. The van der Waals surface area contributed by atoms with Gasteiger partial charge in [-0.05, 0) is 42.3 Å². The summed E-state index contributed by atoms with van der Waals surface area (Å²) in [5.74, 6) is 0.617. The van der Waals surface area contributed by atoms with Crippen LogP contribution in [0.4, 0.5) is 6.01 Å². The lowest BCUT2D eigenvalue weighted by Crippen LogP contribution is -2.14. The van der Waals surface area contributed by atoms with Gasteiger partial charge in [-0.15, -0.1) is 11.8 Å². The summed E-state index contributed by atoms with van der Waals surface area (Å²) >= 11 is 7.68. The van der Waals surface area contributed by atoms with Crippen molar-refractivity contribution in [3.8, 4) is 0 Å². The molecule has 0 atom stereocenters. The monoisotopic (exact) mass is 444 g/mol. The number of aryl methyl sites for hydroxylation is 1. The van der Waals surface area contributed by atoms with Crippen LogP contribution in [0.5, 0.6) is 0 Å². The van der Waals surface area contributed by atoms with E-state index in [-0.39, 0.29) is 10.9 Å². The molecule has 0 fully saturated rings. The van der Waals surface area contributed by atoms with Crippen LogP contribution in [-0.4, -0.2) is 13.4 Å². The van der Waals surface area contributed by atoms with Gasteiger partial charge in [0, 0.05) is 15.7 Å². The van der Waals surface area contributed by atoms with Crippen LogP contribution in [0.2, 0.25) is 5.02 Å². The maximum atomic E-state index is 13.1. The maximum Gasteiger partial charge on any atom is 0.309 e. The Morgan fingerprint density at radius 3 is 2.55 bits per heavy atom. The molecule has 0 saturated carbocycles. The van der Waals surface area contributed by atoms with Crippen LogP contribution >= 0.6 is 23.4 Å². The van der Waals surface area contributed by atoms with Crippen molar-refractivity contribution in [1.82, 2.24) is 4.98 Å². The molecule has 8 heteroatoms. The molecule has 0 aliphatic rings. The number of halogens is 1. The molecule has 0 radical (unpaired) electrons. The van der Waals surface area contributed by atoms with E-state index >= 15 is 0 Å². The lowest BCUT2D eigenvalue weighted by Gasteiger charge is -2.12. The SMILES string of the molecule is Cc1cc(S(=O)(=O)Nc2nc3ccccc3o2)c(SCc2ccccc2)cc1Cl. The lowest BCUT2D eigenvalue weighted by atomic mass is 10.2. The number of aromatic nitrogens is 1. The van der Waals surface area contributed by atoms with E-state index in [9.17, 15) is 8.42 Å². The standard InChI is InChI=1S/C21H17ClN2O3S2/c1-14-11-20(19(12-16(14)22)28-13-15-7-3-2-4-8-15)29(25,26)24-21-23-17-9-5-6-10-18(17)27-21/h2-12H,13H2,1H3,(H,23,24). The number of sulfonamides is 1. The first-order valence-electron chi connectivity index (χ1n) is 8.78. The van der Waals surface area contributed by atoms with Crippen LogP contribution in [0.25, 0.3) is 11.1 Å². The highest BCUT2D eigenvalue weighted by atomic mass is 35.5. The topological polar surface area (TPSA) is 72.2 Å². The van der Waals surface area contributed by atoms with Crippen LogP contribution < -0.4 is 4.72 Å². The van der Waals surface area contributed by atoms with Gasteiger partial charge in [0.1, 0.15) is 10.4 Å². The molecule has 1 aromatic heterocycles. The highest BCUT2D eigenvalue weighted by Gasteiger charge is 2.23. The summed E-state index contributed by atoms with van der Waals surface area (Å²) in [5.41, 5.74) is 2.85. The van der Waals surface area contributed by atoms with Crippen LogP contribution in [0.15, 0.2) is 80.9 Å². The summed E-state index contributed by atoms with van der Waals surface area (Å²) in [6.07, 6.45) is 0. The molecule has 4 aromatic rings. The Morgan fingerprint density at radius 2 is 1.79 bits per heavy atom. The number of hydrogen-bond acceptors (Lipinski definition) is 5. The third-order valence-electron chi connectivity index (χ3n) is 4.27. The van der Waals surface area contributed by atoms with Gasteiger partial charge in [0.25, 0.3) is 10.0 Å². The van der Waals surface area contributed by atoms with Gasteiger partial charge in [-0.1, -0.05) is 54.1 Å². The molecule has 29 heavy (non-hydrogen) atoms. The van der Waals surface area contributed by atoms with Gasteiger partial charge in [-0.3, -0.25) is 0 Å². The predicted molar refractivity (Wildman–Crippen MR) is 117 cm³/mol. The van der Waals surface area contributed by atoms with E-state index in [1.54, 1.807) is 37.3 Å². The van der Waals surface area contributed by atoms with Crippen molar-refractivity contribution in [2.24, 2.45) is 0 Å². The molecule has 0 aliphatic carbocycles. The van der Waals surface area contributed by atoms with Gasteiger partial charge in [-0.25, -0.2) is 13.1 Å². The fourth-order valence-electron chi connectivity index (χ4n) is 2.78. The minimum absolute atomic E-state index is 0.0715. The molecule has 0 aliphatic heterocycles. The zero-order valence-electron chi connectivity index (χ0n) is 15.4. The molecule has 1 heterocycles. The fourth-order valence-corrected chi connectivity index (χ4v) is 5.51. The Labute approximate surface area is 178 Å². The lowest BCUT2D eigenvalue weighted by molar-refractivity contribution is 0.589. The molecule has 3 aromatic carbocycles.